The van der Waals surface area contributed by atoms with Crippen molar-refractivity contribution in [2.75, 3.05) is 0 Å². The molecule has 0 fully saturated rings. The van der Waals surface area contributed by atoms with Crippen LogP contribution in [0.25, 0.3) is 28.3 Å². The first kappa shape index (κ1) is 19.3. The molecule has 4 aromatic rings. The van der Waals surface area contributed by atoms with Crippen molar-refractivity contribution in [3.63, 3.8) is 0 Å². The van der Waals surface area contributed by atoms with Gasteiger partial charge in [-0.3, -0.25) is 4.79 Å². The molecule has 4 aromatic carbocycles. The lowest BCUT2D eigenvalue weighted by molar-refractivity contribution is 0.104. The first-order valence-electron chi connectivity index (χ1n) is 10.9. The Morgan fingerprint density at radius 1 is 0.710 bits per heavy atom. The van der Waals surface area contributed by atoms with Gasteiger partial charge in [0.05, 0.1) is 0 Å². The lowest BCUT2D eigenvalue weighted by atomic mass is 9.85. The molecule has 0 saturated heterocycles. The molecule has 0 radical (unpaired) electrons. The summed E-state index contributed by atoms with van der Waals surface area (Å²) >= 11 is 0. The Kier molecular flexibility index (Phi) is 5.33. The molecule has 5 rings (SSSR count). The number of rotatable bonds is 5. The second-order valence-electron chi connectivity index (χ2n) is 8.00. The van der Waals surface area contributed by atoms with Crippen LogP contribution in [0.15, 0.2) is 103 Å². The first-order valence-corrected chi connectivity index (χ1v) is 10.9. The van der Waals surface area contributed by atoms with E-state index in [1.165, 1.54) is 39.8 Å². The van der Waals surface area contributed by atoms with Gasteiger partial charge in [0.25, 0.3) is 0 Å². The first-order chi connectivity index (χ1) is 15.3. The summed E-state index contributed by atoms with van der Waals surface area (Å²) < 4.78 is 0. The fraction of sp³-hybridized carbons (Fsp3) is 0.100. The Bertz CT molecular complexity index is 1240. The van der Waals surface area contributed by atoms with Crippen LogP contribution >= 0.6 is 0 Å². The Morgan fingerprint density at radius 2 is 1.32 bits per heavy atom. The van der Waals surface area contributed by atoms with Crippen molar-refractivity contribution in [2.45, 2.75) is 19.3 Å². The number of benzene rings is 4. The molecule has 1 aliphatic carbocycles. The van der Waals surface area contributed by atoms with Crippen molar-refractivity contribution in [1.29, 1.82) is 0 Å². The molecule has 0 N–H and O–H groups in total. The molecule has 1 aliphatic rings. The summed E-state index contributed by atoms with van der Waals surface area (Å²) in [6, 6.07) is 32.9. The van der Waals surface area contributed by atoms with Crippen LogP contribution in [0.4, 0.5) is 0 Å². The molecule has 1 nitrogen and oxygen atoms in total. The van der Waals surface area contributed by atoms with Gasteiger partial charge in [-0.1, -0.05) is 97.1 Å². The highest BCUT2D eigenvalue weighted by Crippen LogP contribution is 2.41. The average Bonchev–Trinajstić information content (AvgIpc) is 3.31. The number of hydrogen-bond acceptors (Lipinski definition) is 1. The fourth-order valence-electron chi connectivity index (χ4n) is 4.58. The molecule has 0 aromatic heterocycles. The molecule has 0 unspecified atom stereocenters. The molecule has 150 valence electrons. The number of carbonyl (C=O) groups is 1. The van der Waals surface area contributed by atoms with Crippen LogP contribution in [0.1, 0.15) is 33.5 Å². The molecule has 0 heterocycles. The van der Waals surface area contributed by atoms with Crippen LogP contribution in [-0.2, 0) is 12.8 Å². The van der Waals surface area contributed by atoms with Gasteiger partial charge in [0.15, 0.2) is 5.78 Å². The summed E-state index contributed by atoms with van der Waals surface area (Å²) in [7, 11) is 0. The number of aryl methyl sites for hydroxylation is 1. The van der Waals surface area contributed by atoms with Crippen LogP contribution in [0, 0.1) is 0 Å². The molecular formula is C30H24O. The summed E-state index contributed by atoms with van der Waals surface area (Å²) in [6.45, 7) is 0. The van der Waals surface area contributed by atoms with Gasteiger partial charge < -0.3 is 0 Å². The minimum Gasteiger partial charge on any atom is -0.289 e. The maximum Gasteiger partial charge on any atom is 0.185 e. The zero-order valence-corrected chi connectivity index (χ0v) is 17.4. The second kappa shape index (κ2) is 8.57. The van der Waals surface area contributed by atoms with Gasteiger partial charge in [-0.25, -0.2) is 0 Å². The SMILES string of the molecule is O=C(/C=C\c1c(-c2ccccc2)cc2c(c1-c1ccccc1)CCC2)c1ccccc1. The van der Waals surface area contributed by atoms with Crippen molar-refractivity contribution in [3.8, 4) is 22.3 Å². The third-order valence-electron chi connectivity index (χ3n) is 6.05. The van der Waals surface area contributed by atoms with Crippen molar-refractivity contribution in [3.05, 3.63) is 125 Å². The van der Waals surface area contributed by atoms with E-state index in [9.17, 15) is 4.79 Å². The minimum absolute atomic E-state index is 0.0270. The normalized spacial score (nSPS) is 12.8. The van der Waals surface area contributed by atoms with Gasteiger partial charge in [0, 0.05) is 5.56 Å². The molecule has 0 amide bonds. The molecule has 0 aliphatic heterocycles. The third kappa shape index (κ3) is 3.87. The highest BCUT2D eigenvalue weighted by atomic mass is 16.1. The molecule has 1 heteroatoms. The Hall–Kier alpha value is -3.71. The summed E-state index contributed by atoms with van der Waals surface area (Å²) in [5, 5.41) is 0. The van der Waals surface area contributed by atoms with Crippen molar-refractivity contribution in [1.82, 2.24) is 0 Å². The largest absolute Gasteiger partial charge is 0.289 e. The van der Waals surface area contributed by atoms with E-state index in [0.717, 1.165) is 18.4 Å². The van der Waals surface area contributed by atoms with Gasteiger partial charge in [-0.2, -0.15) is 0 Å². The molecule has 31 heavy (non-hydrogen) atoms. The molecule has 0 saturated carbocycles. The van der Waals surface area contributed by atoms with Crippen molar-refractivity contribution < 1.29 is 4.79 Å². The zero-order chi connectivity index (χ0) is 21.0. The lowest BCUT2D eigenvalue weighted by Crippen LogP contribution is -1.98. The lowest BCUT2D eigenvalue weighted by Gasteiger charge is -2.18. The van der Waals surface area contributed by atoms with Crippen molar-refractivity contribution >= 4 is 11.9 Å². The highest BCUT2D eigenvalue weighted by molar-refractivity contribution is 6.08. The maximum atomic E-state index is 12.9. The van der Waals surface area contributed by atoms with Crippen LogP contribution in [-0.4, -0.2) is 5.78 Å². The third-order valence-corrected chi connectivity index (χ3v) is 6.05. The van der Waals surface area contributed by atoms with Gasteiger partial charge in [0.1, 0.15) is 0 Å². The van der Waals surface area contributed by atoms with Gasteiger partial charge in [0.2, 0.25) is 0 Å². The van der Waals surface area contributed by atoms with E-state index < -0.39 is 0 Å². The van der Waals surface area contributed by atoms with E-state index in [2.05, 4.69) is 60.7 Å². The zero-order valence-electron chi connectivity index (χ0n) is 17.4. The second-order valence-corrected chi connectivity index (χ2v) is 8.00. The average molecular weight is 401 g/mol. The summed E-state index contributed by atoms with van der Waals surface area (Å²) in [5.41, 5.74) is 9.56. The highest BCUT2D eigenvalue weighted by Gasteiger charge is 2.22. The van der Waals surface area contributed by atoms with Crippen LogP contribution < -0.4 is 0 Å². The van der Waals surface area contributed by atoms with E-state index in [-0.39, 0.29) is 5.78 Å². The number of fused-ring (bicyclic) bond motifs is 1. The number of hydrogen-bond donors (Lipinski definition) is 0. The number of carbonyl (C=O) groups excluding carboxylic acids is 1. The molecular weight excluding hydrogens is 376 g/mol. The standard InChI is InChI=1S/C30H24O/c31-29(23-13-6-2-7-14-23)20-19-27-28(22-11-4-1-5-12-22)21-25-17-10-18-26(25)30(27)24-15-8-3-9-16-24/h1-9,11-16,19-21H,10,17-18H2/b20-19-. The molecule has 0 spiro atoms. The minimum atomic E-state index is 0.0270. The van der Waals surface area contributed by atoms with E-state index in [4.69, 9.17) is 0 Å². The van der Waals surface area contributed by atoms with Crippen LogP contribution in [0.2, 0.25) is 0 Å². The Morgan fingerprint density at radius 3 is 2.00 bits per heavy atom. The van der Waals surface area contributed by atoms with E-state index >= 15 is 0 Å². The van der Waals surface area contributed by atoms with Crippen LogP contribution in [0.3, 0.4) is 0 Å². The molecule has 0 bridgehead atoms. The summed E-state index contributed by atoms with van der Waals surface area (Å²) in [5.74, 6) is 0.0270. The monoisotopic (exact) mass is 400 g/mol. The predicted molar refractivity (Wildman–Crippen MR) is 129 cm³/mol. The fourth-order valence-corrected chi connectivity index (χ4v) is 4.58. The number of allylic oxidation sites excluding steroid dienone is 1. The predicted octanol–water partition coefficient (Wildman–Crippen LogP) is 7.41. The van der Waals surface area contributed by atoms with Crippen LogP contribution in [0.5, 0.6) is 0 Å². The van der Waals surface area contributed by atoms with E-state index in [1.54, 1.807) is 6.08 Å². The van der Waals surface area contributed by atoms with E-state index in [0.29, 0.717) is 5.56 Å². The maximum absolute atomic E-state index is 12.9. The van der Waals surface area contributed by atoms with Gasteiger partial charge in [-0.15, -0.1) is 0 Å². The summed E-state index contributed by atoms with van der Waals surface area (Å²) in [6.07, 6.45) is 7.13. The Balaban J connectivity index is 1.73. The smallest absolute Gasteiger partial charge is 0.185 e. The summed E-state index contributed by atoms with van der Waals surface area (Å²) in [4.78, 5) is 12.9. The number of ketones is 1. The quantitative estimate of drug-likeness (QED) is 0.252. The van der Waals surface area contributed by atoms with Gasteiger partial charge in [-0.05, 0) is 70.4 Å². The van der Waals surface area contributed by atoms with Gasteiger partial charge >= 0.3 is 0 Å². The van der Waals surface area contributed by atoms with Crippen molar-refractivity contribution in [2.24, 2.45) is 0 Å². The van der Waals surface area contributed by atoms with E-state index in [1.807, 2.05) is 42.5 Å². The molecule has 0 atom stereocenters. The Labute approximate surface area is 183 Å². The topological polar surface area (TPSA) is 17.1 Å².